The van der Waals surface area contributed by atoms with Crippen LogP contribution in [0.5, 0.6) is 0 Å². The Kier molecular flexibility index (Phi) is 8.10. The maximum absolute atomic E-state index is 2.45. The van der Waals surface area contributed by atoms with Gasteiger partial charge in [-0.2, -0.15) is 0 Å². The van der Waals surface area contributed by atoms with Crippen molar-refractivity contribution in [3.8, 4) is 33.4 Å². The summed E-state index contributed by atoms with van der Waals surface area (Å²) >= 11 is 0. The van der Waals surface area contributed by atoms with Gasteiger partial charge in [0, 0.05) is 16.9 Å². The molecular formula is C51H39N. The van der Waals surface area contributed by atoms with Crippen LogP contribution in [0, 0.1) is 0 Å². The Morgan fingerprint density at radius 1 is 0.365 bits per heavy atom. The first-order valence-electron chi connectivity index (χ1n) is 18.2. The molecule has 0 radical (unpaired) electrons. The molecule has 0 heterocycles. The van der Waals surface area contributed by atoms with Crippen LogP contribution in [0.25, 0.3) is 65.7 Å². The lowest BCUT2D eigenvalue weighted by molar-refractivity contribution is 0.869. The summed E-state index contributed by atoms with van der Waals surface area (Å²) in [5, 5.41) is 7.44. The molecule has 0 saturated carbocycles. The maximum atomic E-state index is 2.45. The molecule has 9 aromatic carbocycles. The van der Waals surface area contributed by atoms with Crippen LogP contribution in [0.15, 0.2) is 194 Å². The fourth-order valence-electron chi connectivity index (χ4n) is 7.72. The van der Waals surface area contributed by atoms with Gasteiger partial charge in [0.05, 0.1) is 5.69 Å². The van der Waals surface area contributed by atoms with Crippen LogP contribution in [0.3, 0.4) is 0 Å². The van der Waals surface area contributed by atoms with Crippen molar-refractivity contribution in [2.75, 3.05) is 4.90 Å². The molecule has 9 aromatic rings. The first-order chi connectivity index (χ1) is 25.6. The molecule has 0 bridgehead atoms. The molecule has 1 heteroatoms. The van der Waals surface area contributed by atoms with Crippen LogP contribution in [-0.2, 0) is 0 Å². The van der Waals surface area contributed by atoms with Gasteiger partial charge in [0.25, 0.3) is 0 Å². The standard InChI is InChI=1S/C51H39N/c1-35(2)49-34-44(43-21-20-37-14-6-8-17-41(37)32-43)25-30-48(49)51-47-19-11-10-16-40(47)26-31-50(51)52(46-29-24-38-15-7-9-18-42(38)33-46)45-27-22-39(23-28-45)36-12-4-3-5-13-36/h3-35H,1-2H3. The second kappa shape index (κ2) is 13.4. The Labute approximate surface area is 306 Å². The molecule has 0 atom stereocenters. The van der Waals surface area contributed by atoms with E-state index in [4.69, 9.17) is 0 Å². The molecule has 0 aromatic heterocycles. The molecule has 0 amide bonds. The second-order valence-corrected chi connectivity index (χ2v) is 14.0. The van der Waals surface area contributed by atoms with Crippen molar-refractivity contribution in [1.82, 2.24) is 0 Å². The van der Waals surface area contributed by atoms with E-state index in [0.717, 1.165) is 17.1 Å². The Hall–Kier alpha value is -6.44. The first kappa shape index (κ1) is 31.5. The largest absolute Gasteiger partial charge is 0.310 e. The lowest BCUT2D eigenvalue weighted by Crippen LogP contribution is -2.12. The fraction of sp³-hybridized carbons (Fsp3) is 0.0588. The van der Waals surface area contributed by atoms with E-state index in [9.17, 15) is 0 Å². The van der Waals surface area contributed by atoms with Crippen molar-refractivity contribution in [3.05, 3.63) is 200 Å². The summed E-state index contributed by atoms with van der Waals surface area (Å²) in [6.07, 6.45) is 0. The second-order valence-electron chi connectivity index (χ2n) is 14.0. The number of rotatable bonds is 7. The van der Waals surface area contributed by atoms with Gasteiger partial charge >= 0.3 is 0 Å². The zero-order chi connectivity index (χ0) is 35.0. The first-order valence-corrected chi connectivity index (χ1v) is 18.2. The molecule has 0 unspecified atom stereocenters. The highest BCUT2D eigenvalue weighted by Gasteiger charge is 2.23. The highest BCUT2D eigenvalue weighted by molar-refractivity contribution is 6.07. The number of hydrogen-bond acceptors (Lipinski definition) is 1. The number of hydrogen-bond donors (Lipinski definition) is 0. The predicted molar refractivity (Wildman–Crippen MR) is 224 cm³/mol. The third-order valence-electron chi connectivity index (χ3n) is 10.4. The van der Waals surface area contributed by atoms with Gasteiger partial charge in [-0.1, -0.05) is 172 Å². The monoisotopic (exact) mass is 665 g/mol. The zero-order valence-electron chi connectivity index (χ0n) is 29.5. The molecule has 0 fully saturated rings. The Morgan fingerprint density at radius 2 is 0.885 bits per heavy atom. The third kappa shape index (κ3) is 5.81. The van der Waals surface area contributed by atoms with E-state index in [-0.39, 0.29) is 0 Å². The summed E-state index contributed by atoms with van der Waals surface area (Å²) in [6, 6.07) is 71.0. The van der Waals surface area contributed by atoms with Gasteiger partial charge < -0.3 is 4.90 Å². The molecule has 0 spiro atoms. The Morgan fingerprint density at radius 3 is 1.62 bits per heavy atom. The number of anilines is 3. The highest BCUT2D eigenvalue weighted by Crippen LogP contribution is 2.47. The SMILES string of the molecule is CC(C)c1cc(-c2ccc3ccccc3c2)ccc1-c1c(N(c2ccc(-c3ccccc3)cc2)c2ccc3ccccc3c2)ccc2ccccc12. The van der Waals surface area contributed by atoms with Gasteiger partial charge in [0.1, 0.15) is 0 Å². The van der Waals surface area contributed by atoms with E-state index in [1.165, 1.54) is 71.3 Å². The molecular weight excluding hydrogens is 627 g/mol. The van der Waals surface area contributed by atoms with Gasteiger partial charge in [-0.25, -0.2) is 0 Å². The molecule has 0 aliphatic carbocycles. The normalized spacial score (nSPS) is 11.4. The maximum Gasteiger partial charge on any atom is 0.0546 e. The van der Waals surface area contributed by atoms with Crippen molar-refractivity contribution in [1.29, 1.82) is 0 Å². The lowest BCUT2D eigenvalue weighted by atomic mass is 9.86. The quantitative estimate of drug-likeness (QED) is 0.164. The van der Waals surface area contributed by atoms with Crippen LogP contribution < -0.4 is 4.90 Å². The van der Waals surface area contributed by atoms with Gasteiger partial charge in [-0.05, 0) is 108 Å². The van der Waals surface area contributed by atoms with E-state index in [1.54, 1.807) is 0 Å². The van der Waals surface area contributed by atoms with Gasteiger partial charge in [-0.15, -0.1) is 0 Å². The molecule has 0 N–H and O–H groups in total. The average molecular weight is 666 g/mol. The lowest BCUT2D eigenvalue weighted by Gasteiger charge is -2.30. The molecule has 0 aliphatic heterocycles. The minimum Gasteiger partial charge on any atom is -0.310 e. The van der Waals surface area contributed by atoms with Crippen molar-refractivity contribution in [2.24, 2.45) is 0 Å². The zero-order valence-corrected chi connectivity index (χ0v) is 29.5. The van der Waals surface area contributed by atoms with E-state index in [2.05, 4.69) is 213 Å². The molecule has 248 valence electrons. The van der Waals surface area contributed by atoms with Gasteiger partial charge in [-0.3, -0.25) is 0 Å². The van der Waals surface area contributed by atoms with E-state index >= 15 is 0 Å². The van der Waals surface area contributed by atoms with Crippen LogP contribution in [0.4, 0.5) is 17.1 Å². The van der Waals surface area contributed by atoms with E-state index in [1.807, 2.05) is 0 Å². The Bertz CT molecular complexity index is 2700. The number of nitrogens with zero attached hydrogens (tertiary/aromatic N) is 1. The van der Waals surface area contributed by atoms with Crippen molar-refractivity contribution in [3.63, 3.8) is 0 Å². The smallest absolute Gasteiger partial charge is 0.0546 e. The summed E-state index contributed by atoms with van der Waals surface area (Å²) in [5.41, 5.74) is 12.1. The summed E-state index contributed by atoms with van der Waals surface area (Å²) in [7, 11) is 0. The van der Waals surface area contributed by atoms with Crippen LogP contribution in [0.2, 0.25) is 0 Å². The van der Waals surface area contributed by atoms with Crippen molar-refractivity contribution in [2.45, 2.75) is 19.8 Å². The third-order valence-corrected chi connectivity index (χ3v) is 10.4. The number of fused-ring (bicyclic) bond motifs is 3. The molecule has 9 rings (SSSR count). The van der Waals surface area contributed by atoms with Crippen molar-refractivity contribution >= 4 is 49.4 Å². The molecule has 0 saturated heterocycles. The van der Waals surface area contributed by atoms with Crippen LogP contribution in [0.1, 0.15) is 25.3 Å². The fourth-order valence-corrected chi connectivity index (χ4v) is 7.72. The summed E-state index contributed by atoms with van der Waals surface area (Å²) in [4.78, 5) is 2.45. The predicted octanol–water partition coefficient (Wildman–Crippen LogP) is 14.7. The minimum absolute atomic E-state index is 0.307. The molecule has 52 heavy (non-hydrogen) atoms. The van der Waals surface area contributed by atoms with E-state index in [0.29, 0.717) is 5.92 Å². The van der Waals surface area contributed by atoms with Crippen molar-refractivity contribution < 1.29 is 0 Å². The highest BCUT2D eigenvalue weighted by atomic mass is 15.1. The summed E-state index contributed by atoms with van der Waals surface area (Å²) < 4.78 is 0. The molecule has 0 aliphatic rings. The minimum atomic E-state index is 0.307. The number of benzene rings is 9. The van der Waals surface area contributed by atoms with E-state index < -0.39 is 0 Å². The summed E-state index contributed by atoms with van der Waals surface area (Å²) in [6.45, 7) is 4.63. The summed E-state index contributed by atoms with van der Waals surface area (Å²) in [5.74, 6) is 0.307. The van der Waals surface area contributed by atoms with Crippen LogP contribution in [-0.4, -0.2) is 0 Å². The topological polar surface area (TPSA) is 3.24 Å². The molecule has 1 nitrogen and oxygen atoms in total. The average Bonchev–Trinajstić information content (AvgIpc) is 3.21. The van der Waals surface area contributed by atoms with Gasteiger partial charge in [0.2, 0.25) is 0 Å². The Balaban J connectivity index is 1.27. The van der Waals surface area contributed by atoms with Gasteiger partial charge in [0.15, 0.2) is 0 Å². The van der Waals surface area contributed by atoms with Crippen LogP contribution >= 0.6 is 0 Å².